The average Bonchev–Trinajstić information content (AvgIpc) is 2.83. The van der Waals surface area contributed by atoms with Gasteiger partial charge in [-0.2, -0.15) is 5.17 Å². The van der Waals surface area contributed by atoms with Crippen LogP contribution in [0.2, 0.25) is 0 Å². The van der Waals surface area contributed by atoms with Gasteiger partial charge in [-0.25, -0.2) is 4.79 Å². The minimum absolute atomic E-state index is 0.153. The van der Waals surface area contributed by atoms with Crippen LogP contribution in [0.25, 0.3) is 10.9 Å². The zero-order valence-corrected chi connectivity index (χ0v) is 20.2. The minimum Gasteiger partial charge on any atom is -0.348 e. The third-order valence-electron chi connectivity index (χ3n) is 5.29. The van der Waals surface area contributed by atoms with Gasteiger partial charge in [0.05, 0.1) is 30.8 Å². The van der Waals surface area contributed by atoms with Gasteiger partial charge in [0.25, 0.3) is 11.5 Å². The molecule has 0 unspecified atom stereocenters. The van der Waals surface area contributed by atoms with Crippen molar-refractivity contribution in [3.05, 3.63) is 102 Å². The molecule has 0 spiro atoms. The van der Waals surface area contributed by atoms with Gasteiger partial charge in [-0.05, 0) is 70.1 Å². The van der Waals surface area contributed by atoms with Gasteiger partial charge in [0.15, 0.2) is 0 Å². The van der Waals surface area contributed by atoms with Gasteiger partial charge >= 0.3 is 5.69 Å². The van der Waals surface area contributed by atoms with Gasteiger partial charge < -0.3 is 5.32 Å². The zero-order valence-electron chi connectivity index (χ0n) is 18.0. The Labute approximate surface area is 203 Å². The Morgan fingerprint density at radius 2 is 2.00 bits per heavy atom. The summed E-state index contributed by atoms with van der Waals surface area (Å²) in [5.74, 6) is -0.321. The molecule has 0 aliphatic carbocycles. The lowest BCUT2D eigenvalue weighted by Crippen LogP contribution is -2.39. The summed E-state index contributed by atoms with van der Waals surface area (Å²) in [4.78, 5) is 43.8. The third-order valence-corrected chi connectivity index (χ3v) is 5.97. The number of aryl methyl sites for hydroxylation is 1. The van der Waals surface area contributed by atoms with E-state index in [1.54, 1.807) is 37.7 Å². The van der Waals surface area contributed by atoms with Gasteiger partial charge in [0.1, 0.15) is 0 Å². The predicted octanol–water partition coefficient (Wildman–Crippen LogP) is 1.86. The van der Waals surface area contributed by atoms with Crippen molar-refractivity contribution in [2.45, 2.75) is 6.54 Å². The molecule has 0 bridgehead atoms. The molecule has 3 aromatic rings. The summed E-state index contributed by atoms with van der Waals surface area (Å²) < 4.78 is 3.64. The van der Waals surface area contributed by atoms with Crippen molar-refractivity contribution in [3.8, 4) is 0 Å². The van der Waals surface area contributed by atoms with E-state index in [0.717, 1.165) is 14.7 Å². The highest BCUT2D eigenvalue weighted by atomic mass is 127. The lowest BCUT2D eigenvalue weighted by molar-refractivity contribution is -0.119. The van der Waals surface area contributed by atoms with E-state index < -0.39 is 11.2 Å². The molecule has 4 rings (SSSR count). The first-order chi connectivity index (χ1) is 15.9. The van der Waals surface area contributed by atoms with E-state index in [2.05, 4.69) is 33.3 Å². The summed E-state index contributed by atoms with van der Waals surface area (Å²) in [5, 5.41) is 4.56. The Morgan fingerprint density at radius 1 is 1.18 bits per heavy atom. The number of nitrogens with one attached hydrogen (secondary N) is 2. The highest BCUT2D eigenvalue weighted by Gasteiger charge is 2.15. The van der Waals surface area contributed by atoms with E-state index in [1.807, 2.05) is 24.3 Å². The monoisotopic (exact) mass is 559 g/mol. The fourth-order valence-corrected chi connectivity index (χ4v) is 4.13. The second kappa shape index (κ2) is 9.63. The molecule has 0 atom stereocenters. The van der Waals surface area contributed by atoms with Crippen molar-refractivity contribution >= 4 is 39.4 Å². The van der Waals surface area contributed by atoms with Crippen molar-refractivity contribution in [2.75, 3.05) is 13.7 Å². The van der Waals surface area contributed by atoms with Crippen LogP contribution in [0.4, 0.5) is 0 Å². The fraction of sp³-hybridized carbons (Fsp3) is 0.174. The average molecular weight is 559 g/mol. The summed E-state index contributed by atoms with van der Waals surface area (Å²) >= 11 is 2.19. The number of aromatic nitrogens is 2. The second-order valence-electron chi connectivity index (χ2n) is 7.45. The smallest absolute Gasteiger partial charge is 0.331 e. The normalized spacial score (nSPS) is 13.1. The number of hydrazine groups is 1. The van der Waals surface area contributed by atoms with Crippen LogP contribution in [-0.4, -0.2) is 33.9 Å². The SMILES string of the molecule is CON1C=CC(CNC(=O)c2ccc3c(c2)c(=O)n(Cc2cccc(I)c2)c(=O)n3C)=CN1. The van der Waals surface area contributed by atoms with Crippen LogP contribution < -0.4 is 22.0 Å². The van der Waals surface area contributed by atoms with Crippen molar-refractivity contribution < 1.29 is 9.63 Å². The van der Waals surface area contributed by atoms with Gasteiger partial charge in [0, 0.05) is 28.9 Å². The lowest BCUT2D eigenvalue weighted by Gasteiger charge is -2.21. The number of carbonyl (C=O) groups is 1. The first-order valence-electron chi connectivity index (χ1n) is 10.1. The summed E-state index contributed by atoms with van der Waals surface area (Å²) in [6.07, 6.45) is 5.21. The third kappa shape index (κ3) is 4.86. The van der Waals surface area contributed by atoms with Gasteiger partial charge in [-0.3, -0.25) is 29.0 Å². The fourth-order valence-electron chi connectivity index (χ4n) is 3.52. The number of nitrogens with zero attached hydrogens (tertiary/aromatic N) is 3. The van der Waals surface area contributed by atoms with Crippen molar-refractivity contribution in [2.24, 2.45) is 7.05 Å². The van der Waals surface area contributed by atoms with Crippen LogP contribution >= 0.6 is 22.6 Å². The number of hydrogen-bond donors (Lipinski definition) is 2. The molecule has 0 radical (unpaired) electrons. The molecule has 1 aliphatic heterocycles. The molecule has 170 valence electrons. The van der Waals surface area contributed by atoms with Gasteiger partial charge in [0.2, 0.25) is 0 Å². The molecule has 2 aromatic carbocycles. The standard InChI is InChI=1S/C23H22IN5O4/c1-27-20-7-6-17(21(30)25-12-16-8-9-29(33-2)26-13-16)11-19(20)22(31)28(23(27)32)14-15-4-3-5-18(24)10-15/h3-11,13,26H,12,14H2,1-2H3,(H,25,30). The highest BCUT2D eigenvalue weighted by molar-refractivity contribution is 14.1. The Bertz CT molecular complexity index is 1410. The summed E-state index contributed by atoms with van der Waals surface area (Å²) in [5.41, 5.74) is 4.57. The molecule has 2 heterocycles. The Balaban J connectivity index is 1.62. The number of hydrogen-bond acceptors (Lipinski definition) is 6. The van der Waals surface area contributed by atoms with Crippen LogP contribution in [-0.2, 0) is 18.4 Å². The maximum Gasteiger partial charge on any atom is 0.331 e. The molecule has 10 heteroatoms. The van der Waals surface area contributed by atoms with Crippen molar-refractivity contribution in [1.82, 2.24) is 25.0 Å². The lowest BCUT2D eigenvalue weighted by atomic mass is 10.1. The first-order valence-corrected chi connectivity index (χ1v) is 11.2. The van der Waals surface area contributed by atoms with E-state index in [9.17, 15) is 14.4 Å². The number of rotatable bonds is 6. The molecule has 0 saturated heterocycles. The Hall–Kier alpha value is -3.38. The number of benzene rings is 2. The van der Waals surface area contributed by atoms with E-state index in [0.29, 0.717) is 23.0 Å². The van der Waals surface area contributed by atoms with Crippen LogP contribution in [0, 0.1) is 3.57 Å². The van der Waals surface area contributed by atoms with Crippen LogP contribution in [0.5, 0.6) is 0 Å². The molecule has 9 nitrogen and oxygen atoms in total. The number of carbonyl (C=O) groups excluding carboxylic acids is 1. The molecule has 1 amide bonds. The van der Waals surface area contributed by atoms with E-state index in [1.165, 1.54) is 27.5 Å². The zero-order chi connectivity index (χ0) is 23.5. The largest absolute Gasteiger partial charge is 0.348 e. The predicted molar refractivity (Wildman–Crippen MR) is 133 cm³/mol. The quantitative estimate of drug-likeness (QED) is 0.448. The van der Waals surface area contributed by atoms with Crippen molar-refractivity contribution in [3.63, 3.8) is 0 Å². The van der Waals surface area contributed by atoms with Crippen molar-refractivity contribution in [1.29, 1.82) is 0 Å². The molecule has 2 N–H and O–H groups in total. The topological polar surface area (TPSA) is 97.6 Å². The Morgan fingerprint density at radius 3 is 2.70 bits per heavy atom. The molecular formula is C23H22IN5O4. The minimum atomic E-state index is -0.427. The molecule has 33 heavy (non-hydrogen) atoms. The van der Waals surface area contributed by atoms with Crippen LogP contribution in [0.3, 0.4) is 0 Å². The summed E-state index contributed by atoms with van der Waals surface area (Å²) in [6, 6.07) is 12.4. The maximum atomic E-state index is 13.2. The summed E-state index contributed by atoms with van der Waals surface area (Å²) in [6.45, 7) is 0.447. The molecule has 1 aromatic heterocycles. The number of hydroxylamine groups is 1. The van der Waals surface area contributed by atoms with E-state index in [-0.39, 0.29) is 12.5 Å². The second-order valence-corrected chi connectivity index (χ2v) is 8.70. The number of fused-ring (bicyclic) bond motifs is 1. The number of amides is 1. The first kappa shape index (κ1) is 22.8. The summed E-state index contributed by atoms with van der Waals surface area (Å²) in [7, 11) is 3.15. The molecule has 0 fully saturated rings. The highest BCUT2D eigenvalue weighted by Crippen LogP contribution is 2.13. The maximum absolute atomic E-state index is 13.2. The Kier molecular flexibility index (Phi) is 6.65. The molecular weight excluding hydrogens is 537 g/mol. The van der Waals surface area contributed by atoms with Crippen LogP contribution in [0.15, 0.2) is 76.1 Å². The molecule has 0 saturated carbocycles. The molecule has 1 aliphatic rings. The van der Waals surface area contributed by atoms with Crippen LogP contribution in [0.1, 0.15) is 15.9 Å². The number of halogens is 1. The van der Waals surface area contributed by atoms with E-state index >= 15 is 0 Å². The van der Waals surface area contributed by atoms with Gasteiger partial charge in [-0.15, -0.1) is 0 Å². The van der Waals surface area contributed by atoms with E-state index in [4.69, 9.17) is 4.84 Å². The van der Waals surface area contributed by atoms with Gasteiger partial charge in [-0.1, -0.05) is 12.1 Å².